The molecule has 0 aromatic heterocycles. The molecule has 0 aromatic carbocycles. The molecule has 0 bridgehead atoms. The van der Waals surface area contributed by atoms with Gasteiger partial charge in [-0.3, -0.25) is 0 Å². The second-order valence-corrected chi connectivity index (χ2v) is 2.21. The summed E-state index contributed by atoms with van der Waals surface area (Å²) < 4.78 is 15.4. The zero-order valence-corrected chi connectivity index (χ0v) is 8.87. The molecule has 5 heteroatoms. The molecule has 5 nitrogen and oxygen atoms in total. The average Bonchev–Trinajstić information content (AvgIpc) is 2.25. The maximum absolute atomic E-state index is 8.00. The summed E-state index contributed by atoms with van der Waals surface area (Å²) in [4.78, 5) is 8.00. The lowest BCUT2D eigenvalue weighted by molar-refractivity contribution is -0.0979. The molecule has 0 atom stereocenters. The van der Waals surface area contributed by atoms with Crippen LogP contribution in [0.3, 0.4) is 0 Å². The van der Waals surface area contributed by atoms with Crippen LogP contribution >= 0.6 is 0 Å². The Kier molecular flexibility index (Phi) is 20.9. The van der Waals surface area contributed by atoms with Crippen LogP contribution in [0.1, 0.15) is 6.92 Å². The minimum atomic E-state index is 0.568. The van der Waals surface area contributed by atoms with Gasteiger partial charge in [-0.25, -0.2) is 0 Å². The molecule has 0 rings (SSSR count). The number of carbonyl (C=O) groups is 1. The Hall–Kier alpha value is -0.490. The summed E-state index contributed by atoms with van der Waals surface area (Å²) >= 11 is 0. The summed E-state index contributed by atoms with van der Waals surface area (Å²) in [7, 11) is 0. The van der Waals surface area contributed by atoms with Crippen molar-refractivity contribution < 1.29 is 19.0 Å². The van der Waals surface area contributed by atoms with E-state index in [1.54, 1.807) is 0 Å². The van der Waals surface area contributed by atoms with Gasteiger partial charge in [0.1, 0.15) is 6.79 Å². The highest BCUT2D eigenvalue weighted by atomic mass is 16.5. The predicted molar refractivity (Wildman–Crippen MR) is 54.3 cm³/mol. The molecular weight excluding hydrogens is 186 g/mol. The Morgan fingerprint density at radius 2 is 1.36 bits per heavy atom. The van der Waals surface area contributed by atoms with E-state index < -0.39 is 0 Å². The van der Waals surface area contributed by atoms with Crippen molar-refractivity contribution in [2.45, 2.75) is 6.92 Å². The lowest BCUT2D eigenvalue weighted by atomic mass is 10.7. The molecule has 0 amide bonds. The van der Waals surface area contributed by atoms with E-state index in [2.05, 4.69) is 0 Å². The summed E-state index contributed by atoms with van der Waals surface area (Å²) in [6, 6.07) is 0. The van der Waals surface area contributed by atoms with Crippen molar-refractivity contribution in [3.8, 4) is 0 Å². The Bertz CT molecular complexity index is 82.9. The maximum atomic E-state index is 8.00. The third-order valence-electron chi connectivity index (χ3n) is 1.21. The molecule has 0 saturated heterocycles. The molecule has 0 fully saturated rings. The molecule has 14 heavy (non-hydrogen) atoms. The van der Waals surface area contributed by atoms with Gasteiger partial charge in [0.25, 0.3) is 0 Å². The van der Waals surface area contributed by atoms with Crippen molar-refractivity contribution in [3.05, 3.63) is 0 Å². The monoisotopic (exact) mass is 207 g/mol. The SMILES string of the molecule is C=O.CCOCCOCCOCCN. The number of nitrogens with two attached hydrogens (primary N) is 1. The van der Waals surface area contributed by atoms with Crippen LogP contribution in [0.2, 0.25) is 0 Å². The van der Waals surface area contributed by atoms with Gasteiger partial charge in [-0.15, -0.1) is 0 Å². The van der Waals surface area contributed by atoms with Crippen molar-refractivity contribution in [3.63, 3.8) is 0 Å². The van der Waals surface area contributed by atoms with E-state index in [0.29, 0.717) is 39.6 Å². The van der Waals surface area contributed by atoms with Gasteiger partial charge in [0.2, 0.25) is 0 Å². The Morgan fingerprint density at radius 1 is 0.929 bits per heavy atom. The van der Waals surface area contributed by atoms with Crippen molar-refractivity contribution in [1.82, 2.24) is 0 Å². The summed E-state index contributed by atoms with van der Waals surface area (Å²) in [6.45, 7) is 8.41. The minimum Gasteiger partial charge on any atom is -0.379 e. The molecule has 0 heterocycles. The molecule has 0 aliphatic rings. The number of carbonyl (C=O) groups excluding carboxylic acids is 1. The number of hydrogen-bond acceptors (Lipinski definition) is 5. The van der Waals surface area contributed by atoms with Crippen LogP contribution in [-0.2, 0) is 19.0 Å². The largest absolute Gasteiger partial charge is 0.379 e. The molecule has 0 aromatic rings. The molecule has 2 N–H and O–H groups in total. The Morgan fingerprint density at radius 3 is 1.79 bits per heavy atom. The fourth-order valence-corrected chi connectivity index (χ4v) is 0.667. The second kappa shape index (κ2) is 18.3. The molecule has 0 unspecified atom stereocenters. The first-order valence-corrected chi connectivity index (χ1v) is 4.64. The molecule has 0 radical (unpaired) electrons. The van der Waals surface area contributed by atoms with E-state index in [4.69, 9.17) is 24.7 Å². The fraction of sp³-hybridized carbons (Fsp3) is 0.889. The molecule has 86 valence electrons. The highest BCUT2D eigenvalue weighted by Gasteiger charge is 1.88. The van der Waals surface area contributed by atoms with Gasteiger partial charge < -0.3 is 24.7 Å². The highest BCUT2D eigenvalue weighted by Crippen LogP contribution is 1.79. The second-order valence-electron chi connectivity index (χ2n) is 2.21. The number of hydrogen-bond donors (Lipinski definition) is 1. The molecule has 0 saturated carbocycles. The standard InChI is InChI=1S/C8H19NO3.CH2O/c1-2-10-5-6-12-8-7-11-4-3-9;1-2/h2-9H2,1H3;1H2. The van der Waals surface area contributed by atoms with Crippen molar-refractivity contribution in [2.75, 3.05) is 46.2 Å². The smallest absolute Gasteiger partial charge is 0.106 e. The van der Waals surface area contributed by atoms with Crippen LogP contribution in [0.15, 0.2) is 0 Å². The zero-order chi connectivity index (χ0) is 11.1. The van der Waals surface area contributed by atoms with Gasteiger partial charge in [0, 0.05) is 13.2 Å². The quantitative estimate of drug-likeness (QED) is 0.531. The first-order chi connectivity index (χ1) is 6.91. The lowest BCUT2D eigenvalue weighted by Gasteiger charge is -2.04. The number of ether oxygens (including phenoxy) is 3. The van der Waals surface area contributed by atoms with Gasteiger partial charge in [-0.05, 0) is 6.92 Å². The zero-order valence-electron chi connectivity index (χ0n) is 8.87. The van der Waals surface area contributed by atoms with Crippen molar-refractivity contribution in [1.29, 1.82) is 0 Å². The van der Waals surface area contributed by atoms with Crippen LogP contribution in [-0.4, -0.2) is 53.0 Å². The average molecular weight is 207 g/mol. The minimum absolute atomic E-state index is 0.568. The highest BCUT2D eigenvalue weighted by molar-refractivity contribution is 5.10. The van der Waals surface area contributed by atoms with Crippen LogP contribution in [0.4, 0.5) is 0 Å². The summed E-state index contributed by atoms with van der Waals surface area (Å²) in [6.07, 6.45) is 0. The predicted octanol–water partition coefficient (Wildman–Crippen LogP) is -0.170. The maximum Gasteiger partial charge on any atom is 0.106 e. The van der Waals surface area contributed by atoms with E-state index in [9.17, 15) is 0 Å². The third-order valence-corrected chi connectivity index (χ3v) is 1.21. The van der Waals surface area contributed by atoms with Gasteiger partial charge in [0.05, 0.1) is 33.0 Å². The van der Waals surface area contributed by atoms with Gasteiger partial charge in [-0.2, -0.15) is 0 Å². The number of rotatable bonds is 9. The Balaban J connectivity index is 0. The first kappa shape index (κ1) is 16.0. The first-order valence-electron chi connectivity index (χ1n) is 4.64. The third kappa shape index (κ3) is 17.6. The lowest BCUT2D eigenvalue weighted by Crippen LogP contribution is -2.13. The Labute approximate surface area is 85.5 Å². The van der Waals surface area contributed by atoms with Crippen LogP contribution < -0.4 is 5.73 Å². The molecule has 0 aliphatic carbocycles. The summed E-state index contributed by atoms with van der Waals surface area (Å²) in [5, 5.41) is 0. The fourth-order valence-electron chi connectivity index (χ4n) is 0.667. The molecular formula is C9H21NO4. The van der Waals surface area contributed by atoms with Gasteiger partial charge in [0.15, 0.2) is 0 Å². The van der Waals surface area contributed by atoms with Gasteiger partial charge in [-0.1, -0.05) is 0 Å². The van der Waals surface area contributed by atoms with Crippen molar-refractivity contribution in [2.24, 2.45) is 5.73 Å². The van der Waals surface area contributed by atoms with Crippen LogP contribution in [0.25, 0.3) is 0 Å². The summed E-state index contributed by atoms with van der Waals surface area (Å²) in [5.41, 5.74) is 5.22. The normalized spacial score (nSPS) is 9.29. The van der Waals surface area contributed by atoms with E-state index >= 15 is 0 Å². The van der Waals surface area contributed by atoms with E-state index in [-0.39, 0.29) is 0 Å². The van der Waals surface area contributed by atoms with E-state index in [1.165, 1.54) is 0 Å². The summed E-state index contributed by atoms with van der Waals surface area (Å²) in [5.74, 6) is 0. The van der Waals surface area contributed by atoms with Crippen LogP contribution in [0, 0.1) is 0 Å². The van der Waals surface area contributed by atoms with Crippen LogP contribution in [0.5, 0.6) is 0 Å². The topological polar surface area (TPSA) is 70.8 Å². The van der Waals surface area contributed by atoms with E-state index in [1.807, 2.05) is 13.7 Å². The molecule has 0 aliphatic heterocycles. The van der Waals surface area contributed by atoms with E-state index in [0.717, 1.165) is 6.61 Å². The van der Waals surface area contributed by atoms with Gasteiger partial charge >= 0.3 is 0 Å². The molecule has 0 spiro atoms. The van der Waals surface area contributed by atoms with Crippen molar-refractivity contribution >= 4 is 6.79 Å².